The van der Waals surface area contributed by atoms with E-state index in [4.69, 9.17) is 5.41 Å². The van der Waals surface area contributed by atoms with Crippen LogP contribution in [0.2, 0.25) is 0 Å². The normalized spacial score (nSPS) is 17.4. The Morgan fingerprint density at radius 3 is 2.41 bits per heavy atom. The quantitative estimate of drug-likeness (QED) is 0.174. The maximum atomic E-state index is 14.2. The summed E-state index contributed by atoms with van der Waals surface area (Å²) in [6.45, 7) is 4.94. The van der Waals surface area contributed by atoms with Gasteiger partial charge in [0.15, 0.2) is 0 Å². The van der Waals surface area contributed by atoms with Crippen molar-refractivity contribution in [2.75, 3.05) is 11.9 Å². The van der Waals surface area contributed by atoms with Crippen LogP contribution in [0.3, 0.4) is 0 Å². The van der Waals surface area contributed by atoms with Gasteiger partial charge in [-0.25, -0.2) is 13.2 Å². The zero-order valence-corrected chi connectivity index (χ0v) is 21.0. The van der Waals surface area contributed by atoms with Crippen LogP contribution in [0, 0.1) is 28.3 Å². The van der Waals surface area contributed by atoms with Crippen LogP contribution in [0.1, 0.15) is 24.1 Å². The molecule has 8 heteroatoms. The zero-order chi connectivity index (χ0) is 26.4. The summed E-state index contributed by atoms with van der Waals surface area (Å²) in [6.07, 6.45) is 6.02. The SMILES string of the molecule is C=C(c1ccccn1)C1(Cc2cc(F)cc(F)c2)CC(C=N)=C(Nc2ccc(F)cc2)C=C1CCNS. The summed E-state index contributed by atoms with van der Waals surface area (Å²) in [5, 5.41) is 11.5. The smallest absolute Gasteiger partial charge is 0.126 e. The summed E-state index contributed by atoms with van der Waals surface area (Å²) in [5.74, 6) is -1.67. The highest BCUT2D eigenvalue weighted by molar-refractivity contribution is 7.78. The number of anilines is 1. The van der Waals surface area contributed by atoms with E-state index in [1.807, 2.05) is 24.3 Å². The first-order valence-corrected chi connectivity index (χ1v) is 12.2. The summed E-state index contributed by atoms with van der Waals surface area (Å²) in [5.41, 5.74) is 3.95. The lowest BCUT2D eigenvalue weighted by atomic mass is 9.62. The van der Waals surface area contributed by atoms with Crippen molar-refractivity contribution in [3.05, 3.63) is 125 Å². The van der Waals surface area contributed by atoms with Gasteiger partial charge in [0, 0.05) is 41.8 Å². The Labute approximate surface area is 220 Å². The van der Waals surface area contributed by atoms with Crippen molar-refractivity contribution in [1.29, 1.82) is 5.41 Å². The highest BCUT2D eigenvalue weighted by Gasteiger charge is 2.41. The molecule has 0 bridgehead atoms. The minimum absolute atomic E-state index is 0.247. The lowest BCUT2D eigenvalue weighted by molar-refractivity contribution is 0.447. The van der Waals surface area contributed by atoms with Crippen molar-refractivity contribution in [3.63, 3.8) is 0 Å². The Hall–Kier alpha value is -3.62. The number of rotatable bonds is 10. The molecular formula is C29H27F3N4S. The molecule has 4 rings (SSSR count). The van der Waals surface area contributed by atoms with Gasteiger partial charge in [-0.15, -0.1) is 0 Å². The summed E-state index contributed by atoms with van der Waals surface area (Å²) in [6, 6.07) is 15.0. The number of benzene rings is 2. The van der Waals surface area contributed by atoms with Crippen LogP contribution in [0.25, 0.3) is 5.57 Å². The number of hydrogen-bond donors (Lipinski definition) is 4. The molecule has 1 unspecified atom stereocenters. The lowest BCUT2D eigenvalue weighted by Crippen LogP contribution is -2.33. The third-order valence-electron chi connectivity index (χ3n) is 6.56. The molecule has 1 aromatic heterocycles. The standard InChI is InChI=1S/C29H27F3N4S/c1-19(27-4-2-3-10-34-27)29(16-20-12-24(31)15-25(32)13-20)17-21(18-33)28(14-22(29)9-11-35-37)36-26-7-5-23(30)6-8-26/h2-8,10,12-15,18,33,35-37H,1,9,11,16-17H2. The highest BCUT2D eigenvalue weighted by atomic mass is 32.1. The molecule has 1 atom stereocenters. The minimum atomic E-state index is -0.819. The first-order chi connectivity index (χ1) is 17.8. The molecule has 0 aliphatic heterocycles. The number of pyridine rings is 1. The number of nitrogens with zero attached hydrogens (tertiary/aromatic N) is 1. The van der Waals surface area contributed by atoms with Gasteiger partial charge in [-0.05, 0) is 90.6 Å². The molecule has 0 spiro atoms. The molecule has 1 heterocycles. The van der Waals surface area contributed by atoms with Gasteiger partial charge in [-0.3, -0.25) is 9.71 Å². The first-order valence-electron chi connectivity index (χ1n) is 11.7. The first kappa shape index (κ1) is 26.4. The fourth-order valence-corrected chi connectivity index (χ4v) is 4.92. The van der Waals surface area contributed by atoms with Crippen molar-refractivity contribution in [1.82, 2.24) is 9.71 Å². The fraction of sp³-hybridized carbons (Fsp3) is 0.172. The van der Waals surface area contributed by atoms with Crippen LogP contribution in [0.4, 0.5) is 18.9 Å². The Kier molecular flexibility index (Phi) is 8.31. The minimum Gasteiger partial charge on any atom is -0.355 e. The van der Waals surface area contributed by atoms with E-state index in [0.29, 0.717) is 53.2 Å². The van der Waals surface area contributed by atoms with Crippen LogP contribution >= 0.6 is 12.8 Å². The van der Waals surface area contributed by atoms with Gasteiger partial charge >= 0.3 is 0 Å². The molecule has 0 saturated carbocycles. The maximum Gasteiger partial charge on any atom is 0.126 e. The summed E-state index contributed by atoms with van der Waals surface area (Å²) in [4.78, 5) is 4.51. The van der Waals surface area contributed by atoms with Gasteiger partial charge in [0.25, 0.3) is 0 Å². The lowest BCUT2D eigenvalue weighted by Gasteiger charge is -2.42. The number of allylic oxidation sites excluding steroid dienone is 3. The molecule has 0 saturated heterocycles. The average molecular weight is 521 g/mol. The monoisotopic (exact) mass is 520 g/mol. The Balaban J connectivity index is 1.86. The predicted octanol–water partition coefficient (Wildman–Crippen LogP) is 6.91. The van der Waals surface area contributed by atoms with E-state index >= 15 is 0 Å². The average Bonchev–Trinajstić information content (AvgIpc) is 2.89. The topological polar surface area (TPSA) is 60.8 Å². The van der Waals surface area contributed by atoms with E-state index in [9.17, 15) is 13.2 Å². The molecule has 3 aromatic rings. The maximum absolute atomic E-state index is 14.2. The molecule has 190 valence electrons. The second-order valence-corrected chi connectivity index (χ2v) is 9.27. The van der Waals surface area contributed by atoms with Gasteiger partial charge in [0.1, 0.15) is 17.5 Å². The Morgan fingerprint density at radius 2 is 1.78 bits per heavy atom. The second kappa shape index (κ2) is 11.6. The molecule has 0 radical (unpaired) electrons. The summed E-state index contributed by atoms with van der Waals surface area (Å²) < 4.78 is 44.8. The molecule has 4 nitrogen and oxygen atoms in total. The Morgan fingerprint density at radius 1 is 1.05 bits per heavy atom. The van der Waals surface area contributed by atoms with E-state index in [1.54, 1.807) is 18.3 Å². The third-order valence-corrected chi connectivity index (χ3v) is 6.78. The van der Waals surface area contributed by atoms with Crippen LogP contribution in [-0.2, 0) is 6.42 Å². The molecule has 3 N–H and O–H groups in total. The van der Waals surface area contributed by atoms with E-state index in [2.05, 4.69) is 34.4 Å². The zero-order valence-electron chi connectivity index (χ0n) is 20.1. The van der Waals surface area contributed by atoms with Gasteiger partial charge in [0.05, 0.1) is 5.69 Å². The van der Waals surface area contributed by atoms with Crippen LogP contribution < -0.4 is 10.0 Å². The molecule has 0 fully saturated rings. The van der Waals surface area contributed by atoms with Crippen molar-refractivity contribution >= 4 is 30.3 Å². The highest BCUT2D eigenvalue weighted by Crippen LogP contribution is 2.51. The summed E-state index contributed by atoms with van der Waals surface area (Å²) in [7, 11) is 0. The van der Waals surface area contributed by atoms with Crippen molar-refractivity contribution in [3.8, 4) is 0 Å². The van der Waals surface area contributed by atoms with Crippen LogP contribution in [0.15, 0.2) is 96.4 Å². The van der Waals surface area contributed by atoms with Crippen LogP contribution in [-0.4, -0.2) is 17.7 Å². The van der Waals surface area contributed by atoms with Crippen molar-refractivity contribution < 1.29 is 13.2 Å². The molecule has 2 aromatic carbocycles. The largest absolute Gasteiger partial charge is 0.355 e. The third kappa shape index (κ3) is 6.03. The van der Waals surface area contributed by atoms with E-state index in [0.717, 1.165) is 11.6 Å². The molecule has 37 heavy (non-hydrogen) atoms. The van der Waals surface area contributed by atoms with Gasteiger partial charge in [-0.2, -0.15) is 0 Å². The number of hydrogen-bond acceptors (Lipinski definition) is 5. The van der Waals surface area contributed by atoms with E-state index in [-0.39, 0.29) is 12.2 Å². The molecular weight excluding hydrogens is 493 g/mol. The Bertz CT molecular complexity index is 1330. The van der Waals surface area contributed by atoms with Crippen LogP contribution in [0.5, 0.6) is 0 Å². The van der Waals surface area contributed by atoms with Crippen molar-refractivity contribution in [2.45, 2.75) is 19.3 Å². The fourth-order valence-electron chi connectivity index (χ4n) is 4.81. The molecule has 1 aliphatic carbocycles. The van der Waals surface area contributed by atoms with E-state index in [1.165, 1.54) is 30.5 Å². The number of aromatic nitrogens is 1. The van der Waals surface area contributed by atoms with Gasteiger partial charge in [0.2, 0.25) is 0 Å². The molecule has 1 aliphatic rings. The number of nitrogens with one attached hydrogen (secondary N) is 3. The van der Waals surface area contributed by atoms with Gasteiger partial charge in [-0.1, -0.05) is 31.0 Å². The predicted molar refractivity (Wildman–Crippen MR) is 146 cm³/mol. The second-order valence-electron chi connectivity index (χ2n) is 8.95. The molecule has 0 amide bonds. The van der Waals surface area contributed by atoms with E-state index < -0.39 is 17.0 Å². The van der Waals surface area contributed by atoms with Crippen molar-refractivity contribution in [2.24, 2.45) is 5.41 Å². The number of thiol groups is 1. The summed E-state index contributed by atoms with van der Waals surface area (Å²) >= 11 is 4.16. The van der Waals surface area contributed by atoms with Gasteiger partial charge < -0.3 is 10.7 Å². The number of halogens is 3.